The van der Waals surface area contributed by atoms with Crippen LogP contribution in [0.4, 0.5) is 0 Å². The van der Waals surface area contributed by atoms with Crippen LogP contribution in [-0.4, -0.2) is 25.0 Å². The summed E-state index contributed by atoms with van der Waals surface area (Å²) in [5.41, 5.74) is -0.184. The van der Waals surface area contributed by atoms with Gasteiger partial charge in [-0.2, -0.15) is 0 Å². The second kappa shape index (κ2) is 5.05. The summed E-state index contributed by atoms with van der Waals surface area (Å²) in [4.78, 5) is 24.4. The normalized spacial score (nSPS) is 39.4. The van der Waals surface area contributed by atoms with Gasteiger partial charge in [0.15, 0.2) is 0 Å². The number of esters is 1. The number of hydrogen-bond acceptors (Lipinski definition) is 3. The topological polar surface area (TPSA) is 55.4 Å². The smallest absolute Gasteiger partial charge is 0.328 e. The van der Waals surface area contributed by atoms with Crippen LogP contribution in [-0.2, 0) is 14.3 Å². The van der Waals surface area contributed by atoms with E-state index in [-0.39, 0.29) is 17.3 Å². The van der Waals surface area contributed by atoms with Gasteiger partial charge in [-0.3, -0.25) is 4.79 Å². The Hall–Kier alpha value is -1.06. The summed E-state index contributed by atoms with van der Waals surface area (Å²) < 4.78 is 4.77. The second-order valence-electron chi connectivity index (χ2n) is 7.16. The Morgan fingerprint density at radius 2 is 1.65 bits per heavy atom. The Bertz CT molecular complexity index is 383. The van der Waals surface area contributed by atoms with Crippen molar-refractivity contribution in [2.45, 2.75) is 57.9 Å². The molecule has 1 N–H and O–H groups in total. The fourth-order valence-electron chi connectivity index (χ4n) is 5.17. The number of hydrogen-bond donors (Lipinski definition) is 1. The van der Waals surface area contributed by atoms with Crippen molar-refractivity contribution in [1.29, 1.82) is 0 Å². The van der Waals surface area contributed by atoms with E-state index in [0.717, 1.165) is 37.0 Å². The average molecular weight is 279 g/mol. The summed E-state index contributed by atoms with van der Waals surface area (Å²) in [6.45, 7) is 1.90. The molecular formula is C16H25NO3. The minimum absolute atomic E-state index is 0.105. The van der Waals surface area contributed by atoms with E-state index in [0.29, 0.717) is 6.42 Å². The first-order valence-corrected chi connectivity index (χ1v) is 7.95. The molecular weight excluding hydrogens is 254 g/mol. The molecule has 1 amide bonds. The van der Waals surface area contributed by atoms with E-state index in [1.165, 1.54) is 26.4 Å². The third kappa shape index (κ3) is 2.23. The molecule has 0 aliphatic heterocycles. The van der Waals surface area contributed by atoms with Crippen molar-refractivity contribution in [2.24, 2.45) is 23.2 Å². The van der Waals surface area contributed by atoms with Crippen LogP contribution < -0.4 is 5.32 Å². The van der Waals surface area contributed by atoms with E-state index in [9.17, 15) is 9.59 Å². The zero-order valence-electron chi connectivity index (χ0n) is 12.5. The molecule has 112 valence electrons. The number of ether oxygens (including phenoxy) is 1. The van der Waals surface area contributed by atoms with Gasteiger partial charge in [-0.15, -0.1) is 0 Å². The Balaban J connectivity index is 1.72. The average Bonchev–Trinajstić information content (AvgIpc) is 2.42. The molecule has 4 aliphatic rings. The van der Waals surface area contributed by atoms with E-state index in [4.69, 9.17) is 4.74 Å². The van der Waals surface area contributed by atoms with Crippen LogP contribution in [0.25, 0.3) is 0 Å². The maximum absolute atomic E-state index is 12.8. The Kier molecular flexibility index (Phi) is 3.51. The Morgan fingerprint density at radius 1 is 1.15 bits per heavy atom. The van der Waals surface area contributed by atoms with E-state index in [2.05, 4.69) is 5.32 Å². The first-order chi connectivity index (χ1) is 9.56. The molecule has 20 heavy (non-hydrogen) atoms. The van der Waals surface area contributed by atoms with Crippen molar-refractivity contribution in [3.05, 3.63) is 0 Å². The molecule has 0 aromatic carbocycles. The van der Waals surface area contributed by atoms with Crippen LogP contribution >= 0.6 is 0 Å². The van der Waals surface area contributed by atoms with Crippen LogP contribution in [0.3, 0.4) is 0 Å². The highest BCUT2D eigenvalue weighted by Crippen LogP contribution is 2.60. The lowest BCUT2D eigenvalue weighted by Crippen LogP contribution is -2.56. The highest BCUT2D eigenvalue weighted by atomic mass is 16.5. The number of nitrogens with one attached hydrogen (secondary N) is 1. The van der Waals surface area contributed by atoms with Gasteiger partial charge in [0.2, 0.25) is 5.91 Å². The minimum Gasteiger partial charge on any atom is -0.467 e. The molecule has 4 rings (SSSR count). The van der Waals surface area contributed by atoms with E-state index in [1.807, 2.05) is 6.92 Å². The zero-order valence-corrected chi connectivity index (χ0v) is 12.5. The number of methoxy groups -OCH3 is 1. The number of amides is 1. The van der Waals surface area contributed by atoms with E-state index in [1.54, 1.807) is 0 Å². The van der Waals surface area contributed by atoms with Gasteiger partial charge in [-0.25, -0.2) is 4.79 Å². The maximum atomic E-state index is 12.8. The summed E-state index contributed by atoms with van der Waals surface area (Å²) in [6.07, 6.45) is 7.64. The molecule has 4 bridgehead atoms. The molecule has 1 atom stereocenters. The van der Waals surface area contributed by atoms with Crippen LogP contribution in [0, 0.1) is 23.2 Å². The lowest BCUT2D eigenvalue weighted by Gasteiger charge is -2.55. The van der Waals surface area contributed by atoms with Crippen LogP contribution in [0.1, 0.15) is 51.9 Å². The monoisotopic (exact) mass is 279 g/mol. The van der Waals surface area contributed by atoms with Gasteiger partial charge < -0.3 is 10.1 Å². The Labute approximate surface area is 120 Å². The summed E-state index contributed by atoms with van der Waals surface area (Å²) in [7, 11) is 1.38. The predicted molar refractivity (Wildman–Crippen MR) is 74.8 cm³/mol. The molecule has 0 radical (unpaired) electrons. The third-order valence-electron chi connectivity index (χ3n) is 5.72. The van der Waals surface area contributed by atoms with Crippen molar-refractivity contribution >= 4 is 11.9 Å². The predicted octanol–water partition coefficient (Wildman–Crippen LogP) is 2.27. The van der Waals surface area contributed by atoms with Crippen LogP contribution in [0.5, 0.6) is 0 Å². The summed E-state index contributed by atoms with van der Waals surface area (Å²) in [5, 5.41) is 2.96. The molecule has 0 aromatic rings. The molecule has 4 saturated carbocycles. The molecule has 4 heteroatoms. The van der Waals surface area contributed by atoms with Gasteiger partial charge in [0, 0.05) is 5.41 Å². The van der Waals surface area contributed by atoms with Crippen molar-refractivity contribution in [3.63, 3.8) is 0 Å². The molecule has 4 nitrogen and oxygen atoms in total. The third-order valence-corrected chi connectivity index (χ3v) is 5.72. The van der Waals surface area contributed by atoms with Crippen LogP contribution in [0.15, 0.2) is 0 Å². The Morgan fingerprint density at radius 3 is 2.05 bits per heavy atom. The van der Waals surface area contributed by atoms with Gasteiger partial charge >= 0.3 is 5.97 Å². The molecule has 0 heterocycles. The SMILES string of the molecule is CC[C@@H](NC(=O)C12CC3CC(CC(C3)C1)C2)C(=O)OC. The molecule has 0 unspecified atom stereocenters. The van der Waals surface area contributed by atoms with E-state index < -0.39 is 6.04 Å². The summed E-state index contributed by atoms with van der Waals surface area (Å²) in [6, 6.07) is -0.486. The molecule has 4 aliphatic carbocycles. The highest BCUT2D eigenvalue weighted by Gasteiger charge is 2.54. The molecule has 0 aromatic heterocycles. The second-order valence-corrected chi connectivity index (χ2v) is 7.16. The first kappa shape index (κ1) is 13.9. The number of carbonyl (C=O) groups is 2. The van der Waals surface area contributed by atoms with Gasteiger partial charge in [0.1, 0.15) is 6.04 Å². The molecule has 0 spiro atoms. The summed E-state index contributed by atoms with van der Waals surface area (Å²) in [5.74, 6) is 2.00. The lowest BCUT2D eigenvalue weighted by atomic mass is 9.49. The molecule has 4 fully saturated rings. The lowest BCUT2D eigenvalue weighted by molar-refractivity contribution is -0.152. The molecule has 0 saturated heterocycles. The van der Waals surface area contributed by atoms with Gasteiger partial charge in [-0.1, -0.05) is 6.92 Å². The van der Waals surface area contributed by atoms with E-state index >= 15 is 0 Å². The van der Waals surface area contributed by atoms with Crippen molar-refractivity contribution in [3.8, 4) is 0 Å². The minimum atomic E-state index is -0.486. The quantitative estimate of drug-likeness (QED) is 0.803. The van der Waals surface area contributed by atoms with Crippen molar-refractivity contribution in [1.82, 2.24) is 5.32 Å². The van der Waals surface area contributed by atoms with Gasteiger partial charge in [0.25, 0.3) is 0 Å². The largest absolute Gasteiger partial charge is 0.467 e. The fraction of sp³-hybridized carbons (Fsp3) is 0.875. The number of carbonyl (C=O) groups excluding carboxylic acids is 2. The van der Waals surface area contributed by atoms with Crippen molar-refractivity contribution < 1.29 is 14.3 Å². The van der Waals surface area contributed by atoms with Gasteiger partial charge in [0.05, 0.1) is 7.11 Å². The van der Waals surface area contributed by atoms with Crippen LogP contribution in [0.2, 0.25) is 0 Å². The first-order valence-electron chi connectivity index (χ1n) is 7.95. The maximum Gasteiger partial charge on any atom is 0.328 e. The fourth-order valence-corrected chi connectivity index (χ4v) is 5.17. The zero-order chi connectivity index (χ0) is 14.3. The summed E-state index contributed by atoms with van der Waals surface area (Å²) >= 11 is 0. The standard InChI is InChI=1S/C16H25NO3/c1-3-13(14(18)20-2)17-15(19)16-7-10-4-11(8-16)6-12(5-10)9-16/h10-13H,3-9H2,1-2H3,(H,17,19)/t10?,11?,12?,13-,16?/m1/s1. The van der Waals surface area contributed by atoms with Gasteiger partial charge in [-0.05, 0) is 62.7 Å². The highest BCUT2D eigenvalue weighted by molar-refractivity contribution is 5.88. The van der Waals surface area contributed by atoms with Crippen molar-refractivity contribution in [2.75, 3.05) is 7.11 Å². The number of rotatable bonds is 4.